The molecule has 17 heavy (non-hydrogen) atoms. The normalized spacial score (nSPS) is 23.6. The minimum atomic E-state index is 0.343. The molecule has 3 heteroatoms. The van der Waals surface area contributed by atoms with Crippen LogP contribution >= 0.6 is 11.6 Å². The largest absolute Gasteiger partial charge is 0.329 e. The number of benzene rings is 1. The molecule has 2 N–H and O–H groups in total. The van der Waals surface area contributed by atoms with E-state index in [0.29, 0.717) is 12.6 Å². The van der Waals surface area contributed by atoms with E-state index in [1.807, 2.05) is 12.1 Å². The van der Waals surface area contributed by atoms with Gasteiger partial charge in [-0.05, 0) is 43.0 Å². The van der Waals surface area contributed by atoms with Gasteiger partial charge >= 0.3 is 0 Å². The Morgan fingerprint density at radius 2 is 2.12 bits per heavy atom. The van der Waals surface area contributed by atoms with Crippen LogP contribution < -0.4 is 5.73 Å². The molecule has 2 nitrogen and oxygen atoms in total. The van der Waals surface area contributed by atoms with Crippen LogP contribution in [-0.4, -0.2) is 24.5 Å². The molecule has 1 aliphatic heterocycles. The number of hydrogen-bond acceptors (Lipinski definition) is 2. The summed E-state index contributed by atoms with van der Waals surface area (Å²) in [6, 6.07) is 8.44. The molecule has 0 saturated carbocycles. The van der Waals surface area contributed by atoms with Gasteiger partial charge in [-0.2, -0.15) is 0 Å². The van der Waals surface area contributed by atoms with Gasteiger partial charge in [-0.25, -0.2) is 0 Å². The van der Waals surface area contributed by atoms with Crippen molar-refractivity contribution in [3.05, 3.63) is 34.9 Å². The minimum Gasteiger partial charge on any atom is -0.329 e. The van der Waals surface area contributed by atoms with Gasteiger partial charge in [0, 0.05) is 24.2 Å². The average Bonchev–Trinajstić information content (AvgIpc) is 2.33. The molecular weight excluding hydrogens is 232 g/mol. The smallest absolute Gasteiger partial charge is 0.0470 e. The van der Waals surface area contributed by atoms with Gasteiger partial charge in [0.15, 0.2) is 0 Å². The highest BCUT2D eigenvalue weighted by atomic mass is 35.5. The number of piperidine rings is 1. The van der Waals surface area contributed by atoms with Crippen LogP contribution in [0, 0.1) is 5.92 Å². The Hall–Kier alpha value is -0.570. The summed E-state index contributed by atoms with van der Waals surface area (Å²) in [6.45, 7) is 5.31. The average molecular weight is 253 g/mol. The summed E-state index contributed by atoms with van der Waals surface area (Å²) in [5, 5.41) is 0.788. The summed E-state index contributed by atoms with van der Waals surface area (Å²) in [5.74, 6) is 0.783. The van der Waals surface area contributed by atoms with Crippen molar-refractivity contribution in [3.63, 3.8) is 0 Å². The molecule has 1 aromatic carbocycles. The maximum Gasteiger partial charge on any atom is 0.0470 e. The van der Waals surface area contributed by atoms with Crippen molar-refractivity contribution in [2.75, 3.05) is 19.6 Å². The van der Waals surface area contributed by atoms with Gasteiger partial charge in [0.05, 0.1) is 0 Å². The molecule has 94 valence electrons. The number of rotatable bonds is 3. The maximum absolute atomic E-state index is 5.94. The first-order valence-corrected chi connectivity index (χ1v) is 6.78. The number of halogens is 1. The van der Waals surface area contributed by atoms with Gasteiger partial charge in [0.1, 0.15) is 0 Å². The van der Waals surface area contributed by atoms with Crippen molar-refractivity contribution in [3.8, 4) is 0 Å². The third-order valence-electron chi connectivity index (χ3n) is 3.61. The van der Waals surface area contributed by atoms with Crippen LogP contribution in [0.25, 0.3) is 0 Å². The zero-order valence-electron chi connectivity index (χ0n) is 10.4. The maximum atomic E-state index is 5.94. The van der Waals surface area contributed by atoms with Crippen molar-refractivity contribution in [1.29, 1.82) is 0 Å². The lowest BCUT2D eigenvalue weighted by atomic mass is 9.96. The topological polar surface area (TPSA) is 29.3 Å². The summed E-state index contributed by atoms with van der Waals surface area (Å²) in [4.78, 5) is 2.51. The molecule has 0 bridgehead atoms. The molecule has 2 atom stereocenters. The summed E-state index contributed by atoms with van der Waals surface area (Å²) in [6.07, 6.45) is 2.62. The molecular formula is C14H21ClN2. The van der Waals surface area contributed by atoms with E-state index in [9.17, 15) is 0 Å². The van der Waals surface area contributed by atoms with Crippen molar-refractivity contribution >= 4 is 11.6 Å². The van der Waals surface area contributed by atoms with Crippen LogP contribution in [0.15, 0.2) is 24.3 Å². The lowest BCUT2D eigenvalue weighted by Gasteiger charge is -2.37. The summed E-state index contributed by atoms with van der Waals surface area (Å²) in [7, 11) is 0. The predicted molar refractivity (Wildman–Crippen MR) is 73.2 cm³/mol. The van der Waals surface area contributed by atoms with E-state index >= 15 is 0 Å². The predicted octanol–water partition coefficient (Wildman–Crippen LogP) is 3.07. The fourth-order valence-electron chi connectivity index (χ4n) is 2.69. The highest BCUT2D eigenvalue weighted by molar-refractivity contribution is 6.30. The minimum absolute atomic E-state index is 0.343. The molecule has 1 saturated heterocycles. The van der Waals surface area contributed by atoms with Crippen LogP contribution in [0.3, 0.4) is 0 Å². The molecule has 1 heterocycles. The fraction of sp³-hybridized carbons (Fsp3) is 0.571. The van der Waals surface area contributed by atoms with E-state index in [-0.39, 0.29) is 0 Å². The van der Waals surface area contributed by atoms with Crippen LogP contribution in [0.1, 0.15) is 31.4 Å². The Balaban J connectivity index is 2.12. The summed E-state index contributed by atoms with van der Waals surface area (Å²) in [5.41, 5.74) is 7.23. The van der Waals surface area contributed by atoms with Crippen molar-refractivity contribution < 1.29 is 0 Å². The first-order chi connectivity index (χ1) is 8.20. The molecule has 0 amide bonds. The molecule has 2 rings (SSSR count). The quantitative estimate of drug-likeness (QED) is 0.896. The van der Waals surface area contributed by atoms with E-state index in [1.54, 1.807) is 0 Å². The highest BCUT2D eigenvalue weighted by Gasteiger charge is 2.23. The lowest BCUT2D eigenvalue weighted by molar-refractivity contribution is 0.133. The molecule has 0 aromatic heterocycles. The van der Waals surface area contributed by atoms with Gasteiger partial charge in [-0.3, -0.25) is 4.90 Å². The second kappa shape index (κ2) is 5.85. The zero-order valence-corrected chi connectivity index (χ0v) is 11.2. The Morgan fingerprint density at radius 3 is 2.71 bits per heavy atom. The first-order valence-electron chi connectivity index (χ1n) is 6.40. The molecule has 0 spiro atoms. The summed E-state index contributed by atoms with van der Waals surface area (Å²) >= 11 is 5.92. The van der Waals surface area contributed by atoms with Crippen molar-refractivity contribution in [1.82, 2.24) is 4.90 Å². The van der Waals surface area contributed by atoms with Crippen LogP contribution in [-0.2, 0) is 0 Å². The molecule has 0 aliphatic carbocycles. The van der Waals surface area contributed by atoms with E-state index in [4.69, 9.17) is 17.3 Å². The first kappa shape index (κ1) is 12.9. The van der Waals surface area contributed by atoms with Gasteiger partial charge in [0.25, 0.3) is 0 Å². The van der Waals surface area contributed by atoms with E-state index in [2.05, 4.69) is 24.0 Å². The van der Waals surface area contributed by atoms with Crippen molar-refractivity contribution in [2.45, 2.75) is 25.8 Å². The van der Waals surface area contributed by atoms with Crippen LogP contribution in [0.2, 0.25) is 5.02 Å². The molecule has 0 radical (unpaired) electrons. The third-order valence-corrected chi connectivity index (χ3v) is 3.86. The molecule has 1 aliphatic rings. The lowest BCUT2D eigenvalue weighted by Crippen LogP contribution is -2.40. The second-order valence-electron chi connectivity index (χ2n) is 5.05. The van der Waals surface area contributed by atoms with E-state index in [1.165, 1.54) is 18.4 Å². The van der Waals surface area contributed by atoms with Crippen LogP contribution in [0.5, 0.6) is 0 Å². The Kier molecular flexibility index (Phi) is 4.43. The number of nitrogens with two attached hydrogens (primary N) is 1. The third kappa shape index (κ3) is 3.21. The number of likely N-dealkylation sites (tertiary alicyclic amines) is 1. The second-order valence-corrected chi connectivity index (χ2v) is 5.48. The molecule has 0 unspecified atom stereocenters. The SMILES string of the molecule is C[C@@H]1CCCN([C@H](CN)c2ccc(Cl)cc2)C1. The molecule has 1 fully saturated rings. The number of nitrogens with zero attached hydrogens (tertiary/aromatic N) is 1. The number of hydrogen-bond donors (Lipinski definition) is 1. The molecule has 1 aromatic rings. The van der Waals surface area contributed by atoms with Crippen molar-refractivity contribution in [2.24, 2.45) is 11.7 Å². The van der Waals surface area contributed by atoms with E-state index < -0.39 is 0 Å². The van der Waals surface area contributed by atoms with E-state index in [0.717, 1.165) is 24.0 Å². The zero-order chi connectivity index (χ0) is 12.3. The standard InChI is InChI=1S/C14H21ClN2/c1-11-3-2-8-17(10-11)14(9-16)12-4-6-13(15)7-5-12/h4-7,11,14H,2-3,8-10,16H2,1H3/t11-,14-/m1/s1. The Labute approximate surface area is 109 Å². The highest BCUT2D eigenvalue weighted by Crippen LogP contribution is 2.26. The van der Waals surface area contributed by atoms with Gasteiger partial charge in [-0.15, -0.1) is 0 Å². The van der Waals surface area contributed by atoms with Gasteiger partial charge < -0.3 is 5.73 Å². The van der Waals surface area contributed by atoms with Crippen LogP contribution in [0.4, 0.5) is 0 Å². The summed E-state index contributed by atoms with van der Waals surface area (Å²) < 4.78 is 0. The van der Waals surface area contributed by atoms with Gasteiger partial charge in [-0.1, -0.05) is 30.7 Å². The monoisotopic (exact) mass is 252 g/mol. The Morgan fingerprint density at radius 1 is 1.41 bits per heavy atom. The fourth-order valence-corrected chi connectivity index (χ4v) is 2.82. The Bertz CT molecular complexity index is 350. The van der Waals surface area contributed by atoms with Gasteiger partial charge in [0.2, 0.25) is 0 Å².